The number of nitro groups is 1. The first-order valence-electron chi connectivity index (χ1n) is 6.78. The molecule has 3 heterocycles. The maximum Gasteiger partial charge on any atom is 0.381 e. The van der Waals surface area contributed by atoms with Gasteiger partial charge in [0.1, 0.15) is 12.3 Å². The molecule has 0 unspecified atom stereocenters. The highest BCUT2D eigenvalue weighted by molar-refractivity contribution is 5.18. The average molecular weight is 299 g/mol. The molecule has 0 aromatic carbocycles. The van der Waals surface area contributed by atoms with Crippen LogP contribution < -0.4 is 0 Å². The van der Waals surface area contributed by atoms with Crippen LogP contribution in [0, 0.1) is 17.0 Å². The molecule has 0 radical (unpaired) electrons. The minimum atomic E-state index is -1.56. The highest BCUT2D eigenvalue weighted by Gasteiger charge is 2.55. The molecule has 3 rings (SSSR count). The number of rotatable bonds is 4. The second-order valence-electron chi connectivity index (χ2n) is 5.20. The summed E-state index contributed by atoms with van der Waals surface area (Å²) in [5.41, 5.74) is 0. The van der Waals surface area contributed by atoms with Gasteiger partial charge in [-0.15, -0.1) is 0 Å². The Morgan fingerprint density at radius 2 is 2.48 bits per heavy atom. The maximum atomic E-state index is 10.8. The molecule has 2 saturated heterocycles. The smallest absolute Gasteiger partial charge is 0.361 e. The third-order valence-corrected chi connectivity index (χ3v) is 3.85. The van der Waals surface area contributed by atoms with Crippen molar-refractivity contribution in [2.24, 2.45) is 0 Å². The molecule has 4 atom stereocenters. The fourth-order valence-corrected chi connectivity index (χ4v) is 2.93. The van der Waals surface area contributed by atoms with Gasteiger partial charge in [0.15, 0.2) is 0 Å². The van der Waals surface area contributed by atoms with Gasteiger partial charge in [-0.05, 0) is 16.8 Å². The van der Waals surface area contributed by atoms with Crippen LogP contribution in [0.3, 0.4) is 0 Å². The fraction of sp³-hybridized carbons (Fsp3) is 0.750. The molecule has 1 aromatic heterocycles. The summed E-state index contributed by atoms with van der Waals surface area (Å²) in [5.74, 6) is -1.30. The van der Waals surface area contributed by atoms with Crippen LogP contribution in [0.1, 0.15) is 25.2 Å². The third-order valence-electron chi connectivity index (χ3n) is 3.85. The summed E-state index contributed by atoms with van der Waals surface area (Å²) in [6.07, 6.45) is 0.472. The molecule has 0 amide bonds. The van der Waals surface area contributed by atoms with Crippen LogP contribution in [0.25, 0.3) is 0 Å². The SMILES string of the molecule is CCO[C@@]1(O)C[C@@H](n2cc([N+](=O)[O-])nc2C)[C@@H]2CO[C@H]1O2. The van der Waals surface area contributed by atoms with Crippen LogP contribution in [-0.2, 0) is 14.2 Å². The fourth-order valence-electron chi connectivity index (χ4n) is 2.93. The number of aliphatic hydroxyl groups is 1. The lowest BCUT2D eigenvalue weighted by molar-refractivity contribution is -0.389. The Kier molecular flexibility index (Phi) is 3.44. The van der Waals surface area contributed by atoms with Crippen molar-refractivity contribution < 1.29 is 24.2 Å². The van der Waals surface area contributed by atoms with Crippen molar-refractivity contribution in [3.05, 3.63) is 22.1 Å². The lowest BCUT2D eigenvalue weighted by atomic mass is 9.98. The van der Waals surface area contributed by atoms with E-state index in [2.05, 4.69) is 4.98 Å². The van der Waals surface area contributed by atoms with Gasteiger partial charge in [0.05, 0.1) is 12.6 Å². The molecule has 1 N–H and O–H groups in total. The number of aryl methyl sites for hydroxylation is 1. The van der Waals surface area contributed by atoms with Crippen LogP contribution >= 0.6 is 0 Å². The standard InChI is InChI=1S/C12H17N3O6/c1-3-20-12(16)4-8(9-6-19-11(12)21-9)14-5-10(15(17)18)13-7(14)2/h5,8-9,11,16H,3-4,6H2,1-2H3/t8-,9+,11+,12+/m1/s1. The average Bonchev–Trinajstić information content (AvgIpc) is 3.01. The summed E-state index contributed by atoms with van der Waals surface area (Å²) in [6.45, 7) is 4.05. The number of imidazole rings is 1. The first-order chi connectivity index (χ1) is 9.94. The van der Waals surface area contributed by atoms with Gasteiger partial charge in [-0.25, -0.2) is 0 Å². The van der Waals surface area contributed by atoms with Crippen LogP contribution in [0.15, 0.2) is 6.20 Å². The topological polar surface area (TPSA) is 109 Å². The number of aromatic nitrogens is 2. The zero-order chi connectivity index (χ0) is 15.2. The van der Waals surface area contributed by atoms with Crippen molar-refractivity contribution in [2.45, 2.75) is 44.5 Å². The zero-order valence-electron chi connectivity index (χ0n) is 11.8. The van der Waals surface area contributed by atoms with Gasteiger partial charge in [0, 0.05) is 20.0 Å². The third kappa shape index (κ3) is 2.31. The van der Waals surface area contributed by atoms with Crippen LogP contribution in [0.2, 0.25) is 0 Å². The molecule has 0 spiro atoms. The van der Waals surface area contributed by atoms with Crippen molar-refractivity contribution in [2.75, 3.05) is 13.2 Å². The predicted molar refractivity (Wildman–Crippen MR) is 68.5 cm³/mol. The molecule has 1 aromatic rings. The van der Waals surface area contributed by atoms with Crippen LogP contribution in [-0.4, -0.2) is 51.0 Å². The number of nitrogens with zero attached hydrogens (tertiary/aromatic N) is 3. The van der Waals surface area contributed by atoms with Gasteiger partial charge in [0.2, 0.25) is 17.9 Å². The molecule has 0 aliphatic carbocycles. The highest BCUT2D eigenvalue weighted by atomic mass is 16.8. The van der Waals surface area contributed by atoms with Crippen molar-refractivity contribution in [3.8, 4) is 0 Å². The van der Waals surface area contributed by atoms with Crippen molar-refractivity contribution in [1.29, 1.82) is 0 Å². The lowest BCUT2D eigenvalue weighted by Gasteiger charge is -2.39. The molecule has 0 saturated carbocycles. The summed E-state index contributed by atoms with van der Waals surface area (Å²) in [4.78, 5) is 14.2. The van der Waals surface area contributed by atoms with E-state index >= 15 is 0 Å². The van der Waals surface area contributed by atoms with E-state index < -0.39 is 17.0 Å². The summed E-state index contributed by atoms with van der Waals surface area (Å²) >= 11 is 0. The molecule has 2 aliphatic rings. The van der Waals surface area contributed by atoms with E-state index in [1.54, 1.807) is 18.4 Å². The second kappa shape index (κ2) is 5.02. The van der Waals surface area contributed by atoms with Gasteiger partial charge in [0.25, 0.3) is 0 Å². The van der Waals surface area contributed by atoms with Gasteiger partial charge < -0.3 is 34.0 Å². The monoisotopic (exact) mass is 299 g/mol. The normalized spacial score (nSPS) is 35.1. The van der Waals surface area contributed by atoms with Crippen LogP contribution in [0.4, 0.5) is 5.82 Å². The van der Waals surface area contributed by atoms with Gasteiger partial charge >= 0.3 is 5.82 Å². The number of ether oxygens (including phenoxy) is 3. The van der Waals surface area contributed by atoms with E-state index in [1.165, 1.54) is 6.20 Å². The Balaban J connectivity index is 1.92. The Morgan fingerprint density at radius 3 is 3.10 bits per heavy atom. The molecular weight excluding hydrogens is 282 g/mol. The molecule has 2 fully saturated rings. The van der Waals surface area contributed by atoms with E-state index in [4.69, 9.17) is 14.2 Å². The molecular formula is C12H17N3O6. The minimum absolute atomic E-state index is 0.227. The molecule has 9 heteroatoms. The van der Waals surface area contributed by atoms with E-state index in [-0.39, 0.29) is 24.4 Å². The molecule has 2 aliphatic heterocycles. The second-order valence-corrected chi connectivity index (χ2v) is 5.20. The van der Waals surface area contributed by atoms with E-state index in [9.17, 15) is 15.2 Å². The summed E-state index contributed by atoms with van der Waals surface area (Å²) in [5, 5.41) is 21.4. The van der Waals surface area contributed by atoms with Gasteiger partial charge in [-0.1, -0.05) is 0 Å². The van der Waals surface area contributed by atoms with E-state index in [0.29, 0.717) is 19.0 Å². The maximum absolute atomic E-state index is 10.8. The van der Waals surface area contributed by atoms with Gasteiger partial charge in [-0.2, -0.15) is 0 Å². The van der Waals surface area contributed by atoms with Gasteiger partial charge in [-0.3, -0.25) is 0 Å². The van der Waals surface area contributed by atoms with Crippen LogP contribution in [0.5, 0.6) is 0 Å². The number of fused-ring (bicyclic) bond motifs is 2. The Labute approximate surface area is 120 Å². The Morgan fingerprint density at radius 1 is 1.71 bits per heavy atom. The van der Waals surface area contributed by atoms with Crippen molar-refractivity contribution in [3.63, 3.8) is 0 Å². The summed E-state index contributed by atoms with van der Waals surface area (Å²) in [7, 11) is 0. The van der Waals surface area contributed by atoms with E-state index in [0.717, 1.165) is 0 Å². The molecule has 9 nitrogen and oxygen atoms in total. The number of hydrogen-bond donors (Lipinski definition) is 1. The van der Waals surface area contributed by atoms with Crippen molar-refractivity contribution in [1.82, 2.24) is 9.55 Å². The first kappa shape index (κ1) is 14.4. The largest absolute Gasteiger partial charge is 0.381 e. The Bertz CT molecular complexity index is 561. The summed E-state index contributed by atoms with van der Waals surface area (Å²) < 4.78 is 18.1. The minimum Gasteiger partial charge on any atom is -0.361 e. The molecule has 21 heavy (non-hydrogen) atoms. The molecule has 2 bridgehead atoms. The van der Waals surface area contributed by atoms with Crippen molar-refractivity contribution >= 4 is 5.82 Å². The quantitative estimate of drug-likeness (QED) is 0.490. The molecule has 116 valence electrons. The highest BCUT2D eigenvalue weighted by Crippen LogP contribution is 2.42. The number of hydrogen-bond acceptors (Lipinski definition) is 7. The first-order valence-corrected chi connectivity index (χ1v) is 6.78. The summed E-state index contributed by atoms with van der Waals surface area (Å²) in [6, 6.07) is -0.332. The van der Waals surface area contributed by atoms with E-state index in [1.807, 2.05) is 0 Å². The predicted octanol–water partition coefficient (Wildman–Crippen LogP) is 0.511. The zero-order valence-corrected chi connectivity index (χ0v) is 11.8. The Hall–Kier alpha value is -1.55. The lowest BCUT2D eigenvalue weighted by Crippen LogP contribution is -2.52.